The zero-order valence-corrected chi connectivity index (χ0v) is 30.4. The van der Waals surface area contributed by atoms with Crippen molar-refractivity contribution in [2.45, 2.75) is 232 Å². The predicted octanol–water partition coefficient (Wildman–Crippen LogP) is 12.3. The fourth-order valence-corrected chi connectivity index (χ4v) is 6.03. The van der Waals surface area contributed by atoms with Crippen molar-refractivity contribution in [3.63, 3.8) is 0 Å². The molecular formula is C40H78O5. The van der Waals surface area contributed by atoms with Gasteiger partial charge < -0.3 is 14.6 Å². The van der Waals surface area contributed by atoms with E-state index in [0.717, 1.165) is 25.7 Å². The molecule has 0 aromatic rings. The van der Waals surface area contributed by atoms with Crippen LogP contribution in [0.2, 0.25) is 0 Å². The van der Waals surface area contributed by atoms with Gasteiger partial charge in [-0.2, -0.15) is 0 Å². The van der Waals surface area contributed by atoms with E-state index in [0.29, 0.717) is 12.8 Å². The highest BCUT2D eigenvalue weighted by Gasteiger charge is 2.12. The summed E-state index contributed by atoms with van der Waals surface area (Å²) in [7, 11) is 0. The van der Waals surface area contributed by atoms with Crippen LogP contribution in [-0.2, 0) is 19.1 Å². The minimum atomic E-state index is -0.954. The first kappa shape index (κ1) is 43.9. The predicted molar refractivity (Wildman–Crippen MR) is 192 cm³/mol. The number of ether oxygens (including phenoxy) is 2. The molecule has 0 heterocycles. The van der Waals surface area contributed by atoms with Crippen LogP contribution in [0, 0.1) is 0 Å². The monoisotopic (exact) mass is 639 g/mol. The molecule has 0 aromatic heterocycles. The molecule has 0 radical (unpaired) electrons. The molecule has 0 aliphatic heterocycles. The van der Waals surface area contributed by atoms with Crippen molar-refractivity contribution in [3.8, 4) is 0 Å². The highest BCUT2D eigenvalue weighted by Crippen LogP contribution is 2.15. The summed E-state index contributed by atoms with van der Waals surface area (Å²) in [6.45, 7) is 4.33. The lowest BCUT2D eigenvalue weighted by atomic mass is 10.0. The number of rotatable bonds is 37. The molecule has 5 nitrogen and oxygen atoms in total. The maximum atomic E-state index is 12.0. The summed E-state index contributed by atoms with van der Waals surface area (Å²) in [6, 6.07) is 0. The summed E-state index contributed by atoms with van der Waals surface area (Å²) >= 11 is 0. The van der Waals surface area contributed by atoms with Crippen LogP contribution in [0.3, 0.4) is 0 Å². The number of unbranched alkanes of at least 4 members (excludes halogenated alkanes) is 29. The van der Waals surface area contributed by atoms with E-state index < -0.39 is 6.10 Å². The number of carbonyl (C=O) groups excluding carboxylic acids is 2. The fraction of sp³-hybridized carbons (Fsp3) is 0.950. The summed E-state index contributed by atoms with van der Waals surface area (Å²) in [5.74, 6) is -0.549. The Kier molecular flexibility index (Phi) is 36.4. The molecule has 0 rings (SSSR count). The van der Waals surface area contributed by atoms with E-state index >= 15 is 0 Å². The Morgan fingerprint density at radius 3 is 0.800 bits per heavy atom. The molecule has 0 amide bonds. The van der Waals surface area contributed by atoms with E-state index in [2.05, 4.69) is 13.8 Å². The summed E-state index contributed by atoms with van der Waals surface area (Å²) in [6.07, 6.45) is 40.1. The average molecular weight is 639 g/mol. The Morgan fingerprint density at radius 2 is 0.578 bits per heavy atom. The van der Waals surface area contributed by atoms with E-state index in [9.17, 15) is 14.7 Å². The minimum absolute atomic E-state index is 0.107. The van der Waals surface area contributed by atoms with Gasteiger partial charge in [0.1, 0.15) is 19.3 Å². The van der Waals surface area contributed by atoms with E-state index in [1.54, 1.807) is 0 Å². The van der Waals surface area contributed by atoms with Gasteiger partial charge in [-0.3, -0.25) is 9.59 Å². The Hall–Kier alpha value is -1.10. The van der Waals surface area contributed by atoms with Crippen LogP contribution in [0.25, 0.3) is 0 Å². The molecule has 0 aliphatic carbocycles. The van der Waals surface area contributed by atoms with E-state index in [1.807, 2.05) is 0 Å². The molecule has 0 aliphatic rings. The van der Waals surface area contributed by atoms with Crippen molar-refractivity contribution in [1.29, 1.82) is 0 Å². The quantitative estimate of drug-likeness (QED) is 0.0541. The van der Waals surface area contributed by atoms with Gasteiger partial charge in [0.05, 0.1) is 0 Å². The second-order valence-electron chi connectivity index (χ2n) is 13.8. The maximum absolute atomic E-state index is 12.0. The Bertz CT molecular complexity index is 607. The lowest BCUT2D eigenvalue weighted by Gasteiger charge is -2.12. The molecular weight excluding hydrogens is 560 g/mol. The number of hydrogen-bond acceptors (Lipinski definition) is 5. The third kappa shape index (κ3) is 37.2. The molecule has 0 saturated heterocycles. The minimum Gasteiger partial charge on any atom is -0.463 e. The van der Waals surface area contributed by atoms with Gasteiger partial charge in [-0.05, 0) is 12.8 Å². The Balaban J connectivity index is 3.37. The molecule has 0 bridgehead atoms. The number of esters is 2. The molecule has 0 unspecified atom stereocenters. The van der Waals surface area contributed by atoms with Crippen molar-refractivity contribution in [2.24, 2.45) is 0 Å². The first-order chi connectivity index (χ1) is 22.1. The number of aliphatic hydroxyl groups is 1. The standard InChI is InChI=1S/C40H78O5/c1-3-5-7-9-11-13-15-17-19-20-21-23-25-27-29-31-33-35-40(43)45-37-38(41)36-44-39(42)34-32-30-28-26-24-22-18-16-14-12-10-8-6-4-2/h38,41H,3-37H2,1-2H3/t38-/m0/s1. The fourth-order valence-electron chi connectivity index (χ4n) is 6.03. The van der Waals surface area contributed by atoms with Gasteiger partial charge in [0, 0.05) is 12.8 Å². The summed E-state index contributed by atoms with van der Waals surface area (Å²) in [5.41, 5.74) is 0. The molecule has 0 fully saturated rings. The molecule has 0 spiro atoms. The van der Waals surface area contributed by atoms with Gasteiger partial charge in [0.25, 0.3) is 0 Å². The van der Waals surface area contributed by atoms with Crippen molar-refractivity contribution in [1.82, 2.24) is 0 Å². The van der Waals surface area contributed by atoms with Gasteiger partial charge in [-0.15, -0.1) is 0 Å². The van der Waals surface area contributed by atoms with Crippen molar-refractivity contribution < 1.29 is 24.2 Å². The molecule has 1 atom stereocenters. The summed E-state index contributed by atoms with van der Waals surface area (Å²) in [5, 5.41) is 10.0. The molecule has 5 heteroatoms. The van der Waals surface area contributed by atoms with Crippen LogP contribution in [-0.4, -0.2) is 36.4 Å². The second kappa shape index (κ2) is 37.4. The summed E-state index contributed by atoms with van der Waals surface area (Å²) < 4.78 is 10.3. The molecule has 0 saturated carbocycles. The second-order valence-corrected chi connectivity index (χ2v) is 13.8. The topological polar surface area (TPSA) is 72.8 Å². The van der Waals surface area contributed by atoms with Crippen LogP contribution in [0.15, 0.2) is 0 Å². The normalized spacial score (nSPS) is 12.0. The Morgan fingerprint density at radius 1 is 0.378 bits per heavy atom. The van der Waals surface area contributed by atoms with Gasteiger partial charge >= 0.3 is 11.9 Å². The molecule has 0 aromatic carbocycles. The number of hydrogen-bond donors (Lipinski definition) is 1. The molecule has 45 heavy (non-hydrogen) atoms. The van der Waals surface area contributed by atoms with Gasteiger partial charge in [0.15, 0.2) is 0 Å². The van der Waals surface area contributed by atoms with Crippen molar-refractivity contribution >= 4 is 11.9 Å². The first-order valence-corrected chi connectivity index (χ1v) is 20.1. The third-order valence-electron chi connectivity index (χ3n) is 9.09. The molecule has 1 N–H and O–H groups in total. The largest absolute Gasteiger partial charge is 0.463 e. The van der Waals surface area contributed by atoms with Crippen molar-refractivity contribution in [3.05, 3.63) is 0 Å². The van der Waals surface area contributed by atoms with Crippen molar-refractivity contribution in [2.75, 3.05) is 13.2 Å². The zero-order chi connectivity index (χ0) is 32.9. The smallest absolute Gasteiger partial charge is 0.305 e. The third-order valence-corrected chi connectivity index (χ3v) is 9.09. The van der Waals surface area contributed by atoms with Crippen LogP contribution < -0.4 is 0 Å². The summed E-state index contributed by atoms with van der Waals surface area (Å²) in [4.78, 5) is 23.9. The van der Waals surface area contributed by atoms with Crippen LogP contribution >= 0.6 is 0 Å². The highest BCUT2D eigenvalue weighted by atomic mass is 16.6. The van der Waals surface area contributed by atoms with Crippen LogP contribution in [0.1, 0.15) is 226 Å². The zero-order valence-electron chi connectivity index (χ0n) is 30.4. The Labute approximate surface area is 280 Å². The first-order valence-electron chi connectivity index (χ1n) is 20.1. The van der Waals surface area contributed by atoms with E-state index in [4.69, 9.17) is 9.47 Å². The number of carbonyl (C=O) groups is 2. The van der Waals surface area contributed by atoms with Crippen LogP contribution in [0.5, 0.6) is 0 Å². The van der Waals surface area contributed by atoms with Gasteiger partial charge in [-0.1, -0.05) is 200 Å². The van der Waals surface area contributed by atoms with Crippen LogP contribution in [0.4, 0.5) is 0 Å². The lowest BCUT2D eigenvalue weighted by Crippen LogP contribution is -2.25. The van der Waals surface area contributed by atoms with E-state index in [1.165, 1.54) is 173 Å². The number of aliphatic hydroxyl groups excluding tert-OH is 1. The molecule has 268 valence electrons. The highest BCUT2D eigenvalue weighted by molar-refractivity contribution is 5.69. The average Bonchev–Trinajstić information content (AvgIpc) is 3.04. The van der Waals surface area contributed by atoms with Gasteiger partial charge in [0.2, 0.25) is 0 Å². The van der Waals surface area contributed by atoms with Gasteiger partial charge in [-0.25, -0.2) is 0 Å². The maximum Gasteiger partial charge on any atom is 0.305 e. The lowest BCUT2D eigenvalue weighted by molar-refractivity contribution is -0.152. The van der Waals surface area contributed by atoms with E-state index in [-0.39, 0.29) is 25.2 Å². The SMILES string of the molecule is CCCCCCCCCCCCCCCCCCCC(=O)OC[C@@H](O)COC(=O)CCCCCCCCCCCCCCCC.